The van der Waals surface area contributed by atoms with Crippen LogP contribution >= 0.6 is 0 Å². The lowest BCUT2D eigenvalue weighted by atomic mass is 9.83. The van der Waals surface area contributed by atoms with Crippen molar-refractivity contribution < 1.29 is 85.3 Å². The Kier molecular flexibility index (Phi) is 80.1. The summed E-state index contributed by atoms with van der Waals surface area (Å²) in [5.74, 6) is 0. The molecule has 14 unspecified atom stereocenters. The minimum atomic E-state index is -0.228. The second-order valence-electron chi connectivity index (χ2n) is 27.1. The van der Waals surface area contributed by atoms with Gasteiger partial charge in [0.25, 0.3) is 0 Å². The molecule has 0 heterocycles. The summed E-state index contributed by atoms with van der Waals surface area (Å²) in [5.41, 5.74) is 89.9. The molecule has 34 nitrogen and oxygen atoms in total. The first-order valence-corrected chi connectivity index (χ1v) is 36.9. The van der Waals surface area contributed by atoms with Gasteiger partial charge in [0.1, 0.15) is 24.4 Å². The van der Waals surface area contributed by atoms with Crippen LogP contribution in [0.5, 0.6) is 0 Å². The monoisotopic (exact) mass is 1490 g/mol. The van der Waals surface area contributed by atoms with Crippen LogP contribution in [0.2, 0.25) is 0 Å². The Labute approximate surface area is 616 Å². The zero-order valence-electron chi connectivity index (χ0n) is 65.4. The highest BCUT2D eigenvalue weighted by Gasteiger charge is 2.33. The summed E-state index contributed by atoms with van der Waals surface area (Å²) in [6.45, 7) is 37.3. The SMILES string of the molecule is CC(N)COCC(CCOCCN)(CCOCCN)COCCN.CC(N)COCC(CCOCCN)(CCOCCN)COCCN.CC(N)COCC(COCC(COCC(C)N)OCC(C)N)OCC(C)N.CC(N)COCC(COCC(COCC(C)N)OCC(C)N)OCC(C)N. The summed E-state index contributed by atoms with van der Waals surface area (Å²) in [7, 11) is 0. The summed E-state index contributed by atoms with van der Waals surface area (Å²) in [4.78, 5) is 0. The van der Waals surface area contributed by atoms with E-state index in [9.17, 15) is 0 Å². The first-order chi connectivity index (χ1) is 48.6. The quantitative estimate of drug-likeness (QED) is 0.0263. The molecule has 0 aliphatic heterocycles. The molecule has 0 rings (SSSR count). The van der Waals surface area contributed by atoms with E-state index < -0.39 is 0 Å². The molecule has 0 aromatic rings. The van der Waals surface area contributed by atoms with Crippen LogP contribution in [0.25, 0.3) is 0 Å². The number of ether oxygens (including phenoxy) is 18. The highest BCUT2D eigenvalue weighted by molar-refractivity contribution is 4.82. The van der Waals surface area contributed by atoms with Crippen LogP contribution in [0.15, 0.2) is 0 Å². The lowest BCUT2D eigenvalue weighted by Gasteiger charge is -2.34. The smallest absolute Gasteiger partial charge is 0.104 e. The van der Waals surface area contributed by atoms with Crippen molar-refractivity contribution in [2.45, 2.75) is 180 Å². The summed E-state index contributed by atoms with van der Waals surface area (Å²) < 4.78 is 102. The summed E-state index contributed by atoms with van der Waals surface area (Å²) in [6, 6.07) is -0.370. The molecule has 620 valence electrons. The molecule has 0 aliphatic rings. The minimum absolute atomic E-state index is 0.00496. The average molecular weight is 1490 g/mol. The Balaban J connectivity index is -0.000000629. The maximum absolute atomic E-state index is 5.81. The molecule has 0 aromatic heterocycles. The number of hydrogen-bond acceptors (Lipinski definition) is 34. The van der Waals surface area contributed by atoms with Crippen molar-refractivity contribution >= 4 is 0 Å². The molecule has 14 atom stereocenters. The highest BCUT2D eigenvalue weighted by Crippen LogP contribution is 2.30. The van der Waals surface area contributed by atoms with Crippen molar-refractivity contribution in [1.29, 1.82) is 0 Å². The van der Waals surface area contributed by atoms with Gasteiger partial charge in [0.2, 0.25) is 0 Å². The van der Waals surface area contributed by atoms with Crippen LogP contribution in [0.4, 0.5) is 0 Å². The van der Waals surface area contributed by atoms with Crippen LogP contribution in [0, 0.1) is 10.8 Å². The molecule has 0 saturated carbocycles. The van der Waals surface area contributed by atoms with Crippen molar-refractivity contribution in [3.05, 3.63) is 0 Å². The van der Waals surface area contributed by atoms with Crippen molar-refractivity contribution in [3.63, 3.8) is 0 Å². The molecular weight excluding hydrogens is 1330 g/mol. The van der Waals surface area contributed by atoms with Gasteiger partial charge in [0.15, 0.2) is 0 Å². The fourth-order valence-corrected chi connectivity index (χ4v) is 8.41. The Bertz CT molecular complexity index is 1460. The zero-order valence-corrected chi connectivity index (χ0v) is 65.4. The van der Waals surface area contributed by atoms with Gasteiger partial charge in [-0.15, -0.1) is 0 Å². The van der Waals surface area contributed by atoms with Crippen LogP contribution < -0.4 is 91.7 Å². The summed E-state index contributed by atoms with van der Waals surface area (Å²) in [6.07, 6.45) is 2.26. The van der Waals surface area contributed by atoms with Crippen molar-refractivity contribution in [2.24, 2.45) is 103 Å². The van der Waals surface area contributed by atoms with E-state index in [1.54, 1.807) is 0 Å². The van der Waals surface area contributed by atoms with Crippen molar-refractivity contribution in [2.75, 3.05) is 251 Å². The maximum atomic E-state index is 5.81. The molecular formula is C68H160N16O18. The van der Waals surface area contributed by atoms with Gasteiger partial charge >= 0.3 is 0 Å². The molecule has 0 bridgehead atoms. The fraction of sp³-hybridized carbons (Fsp3) is 1.00. The van der Waals surface area contributed by atoms with E-state index in [0.29, 0.717) is 251 Å². The molecule has 0 amide bonds. The van der Waals surface area contributed by atoms with E-state index in [1.807, 2.05) is 69.2 Å². The Morgan fingerprint density at radius 1 is 0.186 bits per heavy atom. The Hall–Kier alpha value is -1.36. The summed E-state index contributed by atoms with van der Waals surface area (Å²) in [5, 5.41) is 0. The van der Waals surface area contributed by atoms with E-state index in [1.165, 1.54) is 0 Å². The third kappa shape index (κ3) is 79.7. The van der Waals surface area contributed by atoms with Gasteiger partial charge in [0.05, 0.1) is 185 Å². The minimum Gasteiger partial charge on any atom is -0.380 e. The Morgan fingerprint density at radius 3 is 0.520 bits per heavy atom. The van der Waals surface area contributed by atoms with E-state index in [2.05, 4.69) is 0 Å². The maximum Gasteiger partial charge on any atom is 0.104 e. The molecule has 32 N–H and O–H groups in total. The zero-order chi connectivity index (χ0) is 77.5. The van der Waals surface area contributed by atoms with Gasteiger partial charge < -0.3 is 177 Å². The van der Waals surface area contributed by atoms with Gasteiger partial charge in [-0.25, -0.2) is 0 Å². The van der Waals surface area contributed by atoms with Crippen molar-refractivity contribution in [3.8, 4) is 0 Å². The van der Waals surface area contributed by atoms with Crippen LogP contribution in [0.3, 0.4) is 0 Å². The van der Waals surface area contributed by atoms with Gasteiger partial charge in [-0.2, -0.15) is 0 Å². The lowest BCUT2D eigenvalue weighted by Crippen LogP contribution is -2.37. The van der Waals surface area contributed by atoms with Gasteiger partial charge in [-0.1, -0.05) is 0 Å². The topological polar surface area (TPSA) is 582 Å². The second-order valence-corrected chi connectivity index (χ2v) is 27.1. The third-order valence-corrected chi connectivity index (χ3v) is 13.4. The molecule has 0 aromatic carbocycles. The van der Waals surface area contributed by atoms with Gasteiger partial charge in [-0.3, -0.25) is 0 Å². The van der Waals surface area contributed by atoms with Gasteiger partial charge in [0, 0.05) is 137 Å². The highest BCUT2D eigenvalue weighted by atomic mass is 16.6. The van der Waals surface area contributed by atoms with Crippen molar-refractivity contribution in [1.82, 2.24) is 0 Å². The lowest BCUT2D eigenvalue weighted by molar-refractivity contribution is -0.0976. The van der Waals surface area contributed by atoms with Crippen LogP contribution in [-0.2, 0) is 85.3 Å². The van der Waals surface area contributed by atoms with Gasteiger partial charge in [-0.05, 0) is 94.9 Å². The molecule has 0 fully saturated rings. The number of rotatable bonds is 72. The molecule has 0 radical (unpaired) electrons. The standard InChI is InChI=1S/2C18H42N4O5.2C16H38N4O4/c2*1-13(19)5-23-9-17(26-7-15(3)21)11-25-12-18(27-8-16(4)22)10-24-6-14(2)20;2*1-15(20)12-24-14-16(13-23-11-6-19,2-7-21-9-4-17)3-8-22-10-5-18/h2*13-18H,5-12,19-22H2,1-4H3;2*15H,2-14,17-20H2,1H3. The second kappa shape index (κ2) is 76.4. The predicted octanol–water partition coefficient (Wildman–Crippen LogP) is -3.52. The number of hydrogen-bond donors (Lipinski definition) is 16. The largest absolute Gasteiger partial charge is 0.380 e. The predicted molar refractivity (Wildman–Crippen MR) is 405 cm³/mol. The van der Waals surface area contributed by atoms with E-state index in [-0.39, 0.29) is 95.7 Å². The number of nitrogens with two attached hydrogens (primary N) is 16. The third-order valence-electron chi connectivity index (χ3n) is 13.4. The first kappa shape index (κ1) is 107. The fourth-order valence-electron chi connectivity index (χ4n) is 8.41. The van der Waals surface area contributed by atoms with E-state index in [4.69, 9.17) is 177 Å². The molecule has 0 spiro atoms. The molecule has 0 aliphatic carbocycles. The normalized spacial score (nSPS) is 16.2. The van der Waals surface area contributed by atoms with E-state index in [0.717, 1.165) is 25.7 Å². The molecule has 102 heavy (non-hydrogen) atoms. The van der Waals surface area contributed by atoms with Crippen LogP contribution in [-0.4, -0.2) is 336 Å². The summed E-state index contributed by atoms with van der Waals surface area (Å²) >= 11 is 0. The van der Waals surface area contributed by atoms with E-state index >= 15 is 0 Å². The first-order valence-electron chi connectivity index (χ1n) is 36.9. The molecule has 0 saturated heterocycles. The molecule has 34 heteroatoms. The Morgan fingerprint density at radius 2 is 0.343 bits per heavy atom. The average Bonchev–Trinajstić information content (AvgIpc) is 0.878. The van der Waals surface area contributed by atoms with Crippen LogP contribution in [0.1, 0.15) is 94.9 Å².